The highest BCUT2D eigenvalue weighted by Gasteiger charge is 2.19. The van der Waals surface area contributed by atoms with Gasteiger partial charge in [-0.3, -0.25) is 14.4 Å². The molecule has 0 heterocycles. The first-order valence-electron chi connectivity index (χ1n) is 35.4. The number of unbranched alkanes of at least 4 members (excludes halogenated alkanes) is 42. The van der Waals surface area contributed by atoms with Gasteiger partial charge in [0.2, 0.25) is 0 Å². The number of allylic oxidation sites excluding steroid dienone is 12. The second-order valence-corrected chi connectivity index (χ2v) is 23.8. The zero-order chi connectivity index (χ0) is 58.5. The van der Waals surface area contributed by atoms with Crippen LogP contribution in [-0.2, 0) is 28.6 Å². The Bertz CT molecular complexity index is 1490. The van der Waals surface area contributed by atoms with Gasteiger partial charge < -0.3 is 14.2 Å². The van der Waals surface area contributed by atoms with Gasteiger partial charge >= 0.3 is 17.9 Å². The average molecular weight is 1130 g/mol. The van der Waals surface area contributed by atoms with Crippen LogP contribution in [0.3, 0.4) is 0 Å². The van der Waals surface area contributed by atoms with Crippen molar-refractivity contribution in [1.82, 2.24) is 0 Å². The average Bonchev–Trinajstić information content (AvgIpc) is 3.47. The van der Waals surface area contributed by atoms with Gasteiger partial charge in [-0.2, -0.15) is 0 Å². The number of ether oxygens (including phenoxy) is 3. The van der Waals surface area contributed by atoms with Crippen molar-refractivity contribution in [3.8, 4) is 0 Å². The molecule has 0 rings (SSSR count). The van der Waals surface area contributed by atoms with Gasteiger partial charge in [0.15, 0.2) is 6.10 Å². The number of rotatable bonds is 65. The van der Waals surface area contributed by atoms with Gasteiger partial charge in [0, 0.05) is 19.3 Å². The Morgan fingerprint density at radius 1 is 0.259 bits per heavy atom. The molecule has 0 bridgehead atoms. The molecule has 1 atom stereocenters. The molecule has 0 aromatic heterocycles. The molecular formula is C75H134O6. The van der Waals surface area contributed by atoms with Crippen LogP contribution in [0.15, 0.2) is 72.9 Å². The lowest BCUT2D eigenvalue weighted by molar-refractivity contribution is -0.167. The molecule has 0 aliphatic carbocycles. The number of carbonyl (C=O) groups excluding carboxylic acids is 3. The van der Waals surface area contributed by atoms with Crippen molar-refractivity contribution in [1.29, 1.82) is 0 Å². The van der Waals surface area contributed by atoms with E-state index in [0.717, 1.165) is 89.9 Å². The molecular weight excluding hydrogens is 997 g/mol. The lowest BCUT2D eigenvalue weighted by atomic mass is 10.0. The van der Waals surface area contributed by atoms with Crippen LogP contribution < -0.4 is 0 Å². The maximum Gasteiger partial charge on any atom is 0.306 e. The summed E-state index contributed by atoms with van der Waals surface area (Å²) in [6, 6.07) is 0. The fourth-order valence-electron chi connectivity index (χ4n) is 10.4. The summed E-state index contributed by atoms with van der Waals surface area (Å²) in [5.41, 5.74) is 0. The molecule has 1 unspecified atom stereocenters. The van der Waals surface area contributed by atoms with Crippen LogP contribution in [0.4, 0.5) is 0 Å². The highest BCUT2D eigenvalue weighted by Crippen LogP contribution is 2.18. The van der Waals surface area contributed by atoms with Crippen molar-refractivity contribution in [2.24, 2.45) is 0 Å². The van der Waals surface area contributed by atoms with E-state index in [1.165, 1.54) is 238 Å². The van der Waals surface area contributed by atoms with Crippen molar-refractivity contribution < 1.29 is 28.6 Å². The molecule has 0 aromatic carbocycles. The molecule has 6 heteroatoms. The van der Waals surface area contributed by atoms with Crippen LogP contribution in [-0.4, -0.2) is 37.2 Å². The summed E-state index contributed by atoms with van der Waals surface area (Å²) in [6.45, 7) is 6.58. The van der Waals surface area contributed by atoms with E-state index >= 15 is 0 Å². The Hall–Kier alpha value is -3.15. The normalized spacial score (nSPS) is 12.5. The van der Waals surface area contributed by atoms with E-state index in [9.17, 15) is 14.4 Å². The molecule has 0 N–H and O–H groups in total. The Labute approximate surface area is 503 Å². The van der Waals surface area contributed by atoms with E-state index < -0.39 is 6.10 Å². The molecule has 0 spiro atoms. The maximum atomic E-state index is 13.0. The third-order valence-corrected chi connectivity index (χ3v) is 15.7. The van der Waals surface area contributed by atoms with Gasteiger partial charge in [0.1, 0.15) is 13.2 Å². The quantitative estimate of drug-likeness (QED) is 0.0261. The van der Waals surface area contributed by atoms with Gasteiger partial charge in [-0.05, 0) is 89.9 Å². The van der Waals surface area contributed by atoms with Gasteiger partial charge in [0.05, 0.1) is 0 Å². The Kier molecular flexibility index (Phi) is 66.6. The molecule has 0 aliphatic rings. The summed E-state index contributed by atoms with van der Waals surface area (Å²) in [5.74, 6) is -0.856. The summed E-state index contributed by atoms with van der Waals surface area (Å²) in [7, 11) is 0. The number of hydrogen-bond donors (Lipinski definition) is 0. The molecule has 0 aliphatic heterocycles. The topological polar surface area (TPSA) is 78.9 Å². The first-order valence-corrected chi connectivity index (χ1v) is 35.4. The Morgan fingerprint density at radius 3 is 0.753 bits per heavy atom. The van der Waals surface area contributed by atoms with Crippen molar-refractivity contribution >= 4 is 17.9 Å². The van der Waals surface area contributed by atoms with E-state index in [-0.39, 0.29) is 31.1 Å². The summed E-state index contributed by atoms with van der Waals surface area (Å²) in [6.07, 6.45) is 90.6. The molecule has 0 radical (unpaired) electrons. The minimum atomic E-state index is -0.779. The molecule has 0 aromatic rings. The highest BCUT2D eigenvalue weighted by molar-refractivity contribution is 5.71. The molecule has 0 fully saturated rings. The Morgan fingerprint density at radius 2 is 0.481 bits per heavy atom. The van der Waals surface area contributed by atoms with Crippen LogP contribution in [0.25, 0.3) is 0 Å². The predicted octanol–water partition coefficient (Wildman–Crippen LogP) is 24.4. The number of esters is 3. The zero-order valence-corrected chi connectivity index (χ0v) is 54.1. The van der Waals surface area contributed by atoms with E-state index in [2.05, 4.69) is 93.7 Å². The van der Waals surface area contributed by atoms with E-state index in [1.54, 1.807) is 0 Å². The lowest BCUT2D eigenvalue weighted by Gasteiger charge is -2.18. The van der Waals surface area contributed by atoms with Crippen LogP contribution in [0.5, 0.6) is 0 Å². The molecule has 81 heavy (non-hydrogen) atoms. The van der Waals surface area contributed by atoms with Gasteiger partial charge in [-0.15, -0.1) is 0 Å². The van der Waals surface area contributed by atoms with Gasteiger partial charge in [0.25, 0.3) is 0 Å². The fraction of sp³-hybridized carbons (Fsp3) is 0.800. The molecule has 0 amide bonds. The maximum absolute atomic E-state index is 13.0. The third kappa shape index (κ3) is 67.5. The lowest BCUT2D eigenvalue weighted by Crippen LogP contribution is -2.30. The van der Waals surface area contributed by atoms with Gasteiger partial charge in [-0.1, -0.05) is 331 Å². The summed E-state index contributed by atoms with van der Waals surface area (Å²) in [4.78, 5) is 38.5. The van der Waals surface area contributed by atoms with E-state index in [1.807, 2.05) is 0 Å². The summed E-state index contributed by atoms with van der Waals surface area (Å²) in [5, 5.41) is 0. The molecule has 0 saturated heterocycles. The Balaban J connectivity index is 4.34. The van der Waals surface area contributed by atoms with E-state index in [4.69, 9.17) is 14.2 Å². The highest BCUT2D eigenvalue weighted by atomic mass is 16.6. The fourth-order valence-corrected chi connectivity index (χ4v) is 10.4. The van der Waals surface area contributed by atoms with Crippen molar-refractivity contribution in [3.63, 3.8) is 0 Å². The summed E-state index contributed by atoms with van der Waals surface area (Å²) < 4.78 is 17.0. The SMILES string of the molecule is CC/C=C\C/C=C\C/C=C\C/C=C\CCCCCCCCCCCCC(=O)OCC(COC(=O)CCCCCCCCCCCCCCCCCCC)OC(=O)CCCCCCCCCCCCC/C=C\C/C=C\CCCCCCC. The van der Waals surface area contributed by atoms with Crippen LogP contribution in [0.1, 0.15) is 367 Å². The van der Waals surface area contributed by atoms with Crippen molar-refractivity contribution in [2.45, 2.75) is 374 Å². The first kappa shape index (κ1) is 77.9. The zero-order valence-electron chi connectivity index (χ0n) is 54.1. The number of carbonyl (C=O) groups is 3. The molecule has 6 nitrogen and oxygen atoms in total. The second-order valence-electron chi connectivity index (χ2n) is 23.8. The second kappa shape index (κ2) is 69.3. The molecule has 0 saturated carbocycles. The van der Waals surface area contributed by atoms with Gasteiger partial charge in [-0.25, -0.2) is 0 Å². The minimum absolute atomic E-state index is 0.0731. The largest absolute Gasteiger partial charge is 0.462 e. The standard InChI is InChI=1S/C75H134O6/c1-4-7-10-13-16-19-22-25-28-31-33-35-37-39-41-44-47-50-53-56-59-62-65-68-74(77)80-71-72(70-79-73(76)67-64-61-58-55-52-49-46-43-30-27-24-21-18-15-12-9-6-3)81-75(78)69-66-63-60-57-54-51-48-45-42-40-38-36-34-32-29-26-23-20-17-14-11-8-5-2/h7,10,16,19,23,25-26,28,32-35,72H,4-6,8-9,11-15,17-18,20-22,24,27,29-31,36-71H2,1-3H3/b10-7-,19-16-,26-23-,28-25-,34-32-,35-33-. The third-order valence-electron chi connectivity index (χ3n) is 15.7. The predicted molar refractivity (Wildman–Crippen MR) is 353 cm³/mol. The summed E-state index contributed by atoms with van der Waals surface area (Å²) >= 11 is 0. The van der Waals surface area contributed by atoms with Crippen LogP contribution >= 0.6 is 0 Å². The van der Waals surface area contributed by atoms with Crippen LogP contribution in [0.2, 0.25) is 0 Å². The van der Waals surface area contributed by atoms with Crippen molar-refractivity contribution in [3.05, 3.63) is 72.9 Å². The molecule has 470 valence electrons. The first-order chi connectivity index (χ1) is 40.0. The van der Waals surface area contributed by atoms with Crippen molar-refractivity contribution in [2.75, 3.05) is 13.2 Å². The number of hydrogen-bond acceptors (Lipinski definition) is 6. The minimum Gasteiger partial charge on any atom is -0.462 e. The monoisotopic (exact) mass is 1130 g/mol. The smallest absolute Gasteiger partial charge is 0.306 e. The van der Waals surface area contributed by atoms with E-state index in [0.29, 0.717) is 19.3 Å². The van der Waals surface area contributed by atoms with Crippen LogP contribution in [0, 0.1) is 0 Å².